The van der Waals surface area contributed by atoms with E-state index in [1.165, 1.54) is 18.4 Å². The van der Waals surface area contributed by atoms with Gasteiger partial charge in [-0.3, -0.25) is 14.2 Å². The Balaban J connectivity index is 2.14. The average Bonchev–Trinajstić information content (AvgIpc) is 3.31. The van der Waals surface area contributed by atoms with Gasteiger partial charge >= 0.3 is 5.69 Å². The van der Waals surface area contributed by atoms with Gasteiger partial charge in [-0.25, -0.2) is 9.18 Å². The second kappa shape index (κ2) is 5.82. The molecular formula is C17H16FN3O3S. The first-order valence-electron chi connectivity index (χ1n) is 7.88. The van der Waals surface area contributed by atoms with E-state index >= 15 is 0 Å². The number of pyridine rings is 1. The zero-order valence-corrected chi connectivity index (χ0v) is 14.3. The summed E-state index contributed by atoms with van der Waals surface area (Å²) in [7, 11) is 1.41. The van der Waals surface area contributed by atoms with E-state index in [1.54, 1.807) is 11.4 Å². The molecule has 0 atom stereocenters. The van der Waals surface area contributed by atoms with Gasteiger partial charge in [0.05, 0.1) is 18.9 Å². The summed E-state index contributed by atoms with van der Waals surface area (Å²) in [6.45, 7) is 0.356. The van der Waals surface area contributed by atoms with Gasteiger partial charge in [-0.15, -0.1) is 11.3 Å². The number of nitrogens with zero attached hydrogens (tertiary/aromatic N) is 1. The van der Waals surface area contributed by atoms with E-state index in [0.29, 0.717) is 23.2 Å². The Kier molecular flexibility index (Phi) is 3.73. The van der Waals surface area contributed by atoms with Crippen LogP contribution >= 0.6 is 11.3 Å². The third-order valence-electron chi connectivity index (χ3n) is 4.44. The largest absolute Gasteiger partial charge is 0.494 e. The van der Waals surface area contributed by atoms with Gasteiger partial charge in [0, 0.05) is 17.0 Å². The molecule has 130 valence electrons. The fourth-order valence-electron chi connectivity index (χ4n) is 3.16. The molecule has 3 aromatic heterocycles. The molecule has 0 radical (unpaired) electrons. The zero-order chi connectivity index (χ0) is 17.7. The van der Waals surface area contributed by atoms with Gasteiger partial charge in [0.25, 0.3) is 5.56 Å². The van der Waals surface area contributed by atoms with Gasteiger partial charge in [0.15, 0.2) is 11.6 Å². The third-order valence-corrected chi connectivity index (χ3v) is 5.40. The van der Waals surface area contributed by atoms with Crippen LogP contribution in [0.25, 0.3) is 16.6 Å². The summed E-state index contributed by atoms with van der Waals surface area (Å²) in [6.07, 6.45) is 2.84. The van der Waals surface area contributed by atoms with Gasteiger partial charge < -0.3 is 10.5 Å². The molecule has 0 unspecified atom stereocenters. The number of aromatic nitrogens is 2. The SMILES string of the molecule is COc1c(-c2csc(CN)c2)c(F)cn2c(=O)[nH]c(=O)c(C3CC3)c12. The fraction of sp³-hybridized carbons (Fsp3) is 0.294. The summed E-state index contributed by atoms with van der Waals surface area (Å²) in [5.41, 5.74) is 6.22. The van der Waals surface area contributed by atoms with Crippen molar-refractivity contribution in [1.29, 1.82) is 0 Å². The lowest BCUT2D eigenvalue weighted by Gasteiger charge is -2.15. The molecule has 0 amide bonds. The van der Waals surface area contributed by atoms with Crippen molar-refractivity contribution in [3.8, 4) is 16.9 Å². The first kappa shape index (κ1) is 16.0. The quantitative estimate of drug-likeness (QED) is 0.745. The van der Waals surface area contributed by atoms with Crippen LogP contribution in [0.1, 0.15) is 29.2 Å². The summed E-state index contributed by atoms with van der Waals surface area (Å²) in [6, 6.07) is 1.80. The highest BCUT2D eigenvalue weighted by Crippen LogP contribution is 2.45. The predicted molar refractivity (Wildman–Crippen MR) is 94.0 cm³/mol. The van der Waals surface area contributed by atoms with Crippen LogP contribution in [-0.2, 0) is 6.54 Å². The number of halogens is 1. The number of fused-ring (bicyclic) bond motifs is 1. The Morgan fingerprint density at radius 1 is 1.44 bits per heavy atom. The van der Waals surface area contributed by atoms with Crippen molar-refractivity contribution < 1.29 is 9.13 Å². The van der Waals surface area contributed by atoms with Crippen LogP contribution in [0.4, 0.5) is 4.39 Å². The summed E-state index contributed by atoms with van der Waals surface area (Å²) >= 11 is 1.42. The van der Waals surface area contributed by atoms with Crippen LogP contribution in [0.3, 0.4) is 0 Å². The van der Waals surface area contributed by atoms with Crippen LogP contribution in [0.15, 0.2) is 27.2 Å². The smallest absolute Gasteiger partial charge is 0.333 e. The molecule has 1 fully saturated rings. The molecule has 3 heterocycles. The number of hydrogen-bond donors (Lipinski definition) is 2. The van der Waals surface area contributed by atoms with Crippen molar-refractivity contribution >= 4 is 16.9 Å². The Bertz CT molecular complexity index is 1090. The standard InChI is InChI=1S/C17H16FN3O3S/c1-24-15-12(9-4-10(5-19)25-7-9)11(18)6-21-14(15)13(8-2-3-8)16(22)20-17(21)23/h4,6-8H,2-3,5,19H2,1H3,(H,20,22,23). The fourth-order valence-corrected chi connectivity index (χ4v) is 3.92. The van der Waals surface area contributed by atoms with E-state index in [1.807, 2.05) is 0 Å². The van der Waals surface area contributed by atoms with Gasteiger partial charge in [0.1, 0.15) is 5.52 Å². The van der Waals surface area contributed by atoms with E-state index in [-0.39, 0.29) is 17.2 Å². The zero-order valence-electron chi connectivity index (χ0n) is 13.5. The molecule has 4 rings (SSSR count). The number of ether oxygens (including phenoxy) is 1. The molecule has 25 heavy (non-hydrogen) atoms. The van der Waals surface area contributed by atoms with Crippen LogP contribution in [0.2, 0.25) is 0 Å². The Hall–Kier alpha value is -2.45. The molecule has 1 aliphatic rings. The second-order valence-electron chi connectivity index (χ2n) is 6.06. The van der Waals surface area contributed by atoms with Gasteiger partial charge in [-0.1, -0.05) is 0 Å². The monoisotopic (exact) mass is 361 g/mol. The van der Waals surface area contributed by atoms with Crippen LogP contribution in [0, 0.1) is 5.82 Å². The molecule has 0 aliphatic heterocycles. The van der Waals surface area contributed by atoms with E-state index in [9.17, 15) is 14.0 Å². The number of H-pyrrole nitrogens is 1. The normalized spacial score (nSPS) is 14.2. The minimum Gasteiger partial charge on any atom is -0.494 e. The summed E-state index contributed by atoms with van der Waals surface area (Å²) in [4.78, 5) is 27.7. The molecule has 0 spiro atoms. The van der Waals surface area contributed by atoms with Crippen molar-refractivity contribution in [2.24, 2.45) is 5.73 Å². The molecule has 8 heteroatoms. The predicted octanol–water partition coefficient (Wildman–Crippen LogP) is 2.20. The first-order chi connectivity index (χ1) is 12.0. The Labute approximate surface area is 145 Å². The molecule has 1 aliphatic carbocycles. The van der Waals surface area contributed by atoms with Crippen LogP contribution < -0.4 is 21.7 Å². The molecule has 3 aromatic rings. The Morgan fingerprint density at radius 3 is 2.80 bits per heavy atom. The molecule has 6 nitrogen and oxygen atoms in total. The van der Waals surface area contributed by atoms with Gasteiger partial charge in [0.2, 0.25) is 0 Å². The minimum absolute atomic E-state index is 0.0636. The average molecular weight is 361 g/mol. The topological polar surface area (TPSA) is 89.6 Å². The maximum Gasteiger partial charge on any atom is 0.333 e. The molecule has 0 saturated heterocycles. The van der Waals surface area contributed by atoms with Crippen molar-refractivity contribution in [3.05, 3.63) is 54.7 Å². The lowest BCUT2D eigenvalue weighted by Crippen LogP contribution is -2.29. The van der Waals surface area contributed by atoms with Crippen molar-refractivity contribution in [1.82, 2.24) is 9.38 Å². The van der Waals surface area contributed by atoms with E-state index in [0.717, 1.165) is 28.3 Å². The number of methoxy groups -OCH3 is 1. The third kappa shape index (κ3) is 2.49. The maximum atomic E-state index is 14.8. The summed E-state index contributed by atoms with van der Waals surface area (Å²) in [5.74, 6) is -0.332. The number of nitrogens with two attached hydrogens (primary N) is 1. The number of hydrogen-bond acceptors (Lipinski definition) is 5. The van der Waals surface area contributed by atoms with Crippen LogP contribution in [0.5, 0.6) is 5.75 Å². The first-order valence-corrected chi connectivity index (χ1v) is 8.76. The molecule has 0 aromatic carbocycles. The molecule has 0 bridgehead atoms. The number of aromatic amines is 1. The lowest BCUT2D eigenvalue weighted by molar-refractivity contribution is 0.415. The number of thiophene rings is 1. The van der Waals surface area contributed by atoms with Gasteiger partial charge in [-0.05, 0) is 35.8 Å². The van der Waals surface area contributed by atoms with Crippen molar-refractivity contribution in [2.45, 2.75) is 25.3 Å². The molecule has 3 N–H and O–H groups in total. The highest BCUT2D eigenvalue weighted by atomic mass is 32.1. The second-order valence-corrected chi connectivity index (χ2v) is 7.05. The van der Waals surface area contributed by atoms with Crippen LogP contribution in [-0.4, -0.2) is 16.5 Å². The number of nitrogens with one attached hydrogen (secondary N) is 1. The minimum atomic E-state index is -0.680. The number of rotatable bonds is 4. The Morgan fingerprint density at radius 2 is 2.20 bits per heavy atom. The molecular weight excluding hydrogens is 345 g/mol. The highest BCUT2D eigenvalue weighted by Gasteiger charge is 2.32. The van der Waals surface area contributed by atoms with E-state index in [2.05, 4.69) is 4.98 Å². The summed E-state index contributed by atoms with van der Waals surface area (Å²) < 4.78 is 21.5. The summed E-state index contributed by atoms with van der Waals surface area (Å²) in [5, 5.41) is 1.79. The van der Waals surface area contributed by atoms with E-state index < -0.39 is 17.1 Å². The van der Waals surface area contributed by atoms with Gasteiger partial charge in [-0.2, -0.15) is 0 Å². The highest BCUT2D eigenvalue weighted by molar-refractivity contribution is 7.10. The van der Waals surface area contributed by atoms with E-state index in [4.69, 9.17) is 10.5 Å². The van der Waals surface area contributed by atoms with Crippen molar-refractivity contribution in [3.63, 3.8) is 0 Å². The lowest BCUT2D eigenvalue weighted by atomic mass is 10.0. The molecule has 1 saturated carbocycles. The maximum absolute atomic E-state index is 14.8. The van der Waals surface area contributed by atoms with Crippen molar-refractivity contribution in [2.75, 3.05) is 7.11 Å².